The van der Waals surface area contributed by atoms with Crippen LogP contribution in [0.5, 0.6) is 0 Å². The van der Waals surface area contributed by atoms with E-state index in [0.717, 1.165) is 30.4 Å². The fourth-order valence-corrected chi connectivity index (χ4v) is 5.47. The Hall–Kier alpha value is -2.67. The first-order valence-corrected chi connectivity index (χ1v) is 12.4. The molecule has 5 nitrogen and oxygen atoms in total. The molecule has 0 bridgehead atoms. The molecule has 0 saturated heterocycles. The zero-order valence-electron chi connectivity index (χ0n) is 17.8. The average Bonchev–Trinajstić information content (AvgIpc) is 2.80. The lowest BCUT2D eigenvalue weighted by molar-refractivity contribution is 0.0932. The van der Waals surface area contributed by atoms with Crippen molar-refractivity contribution >= 4 is 27.5 Å². The van der Waals surface area contributed by atoms with Gasteiger partial charge in [-0.1, -0.05) is 66.2 Å². The van der Waals surface area contributed by atoms with Crippen LogP contribution < -0.4 is 5.32 Å². The van der Waals surface area contributed by atoms with Crippen LogP contribution in [0, 0.1) is 0 Å². The maximum absolute atomic E-state index is 13.1. The van der Waals surface area contributed by atoms with E-state index in [-0.39, 0.29) is 34.0 Å². The predicted octanol–water partition coefficient (Wildman–Crippen LogP) is 4.97. The number of carbonyl (C=O) groups excluding carboxylic acids is 1. The molecule has 32 heavy (non-hydrogen) atoms. The third kappa shape index (κ3) is 4.72. The number of sulfonamides is 1. The van der Waals surface area contributed by atoms with Gasteiger partial charge < -0.3 is 5.32 Å². The summed E-state index contributed by atoms with van der Waals surface area (Å²) in [7, 11) is -2.27. The maximum atomic E-state index is 13.1. The summed E-state index contributed by atoms with van der Waals surface area (Å²) in [5, 5.41) is 3.27. The minimum atomic E-state index is -3.80. The van der Waals surface area contributed by atoms with Gasteiger partial charge in [0.15, 0.2) is 0 Å². The van der Waals surface area contributed by atoms with Crippen LogP contribution in [0.25, 0.3) is 0 Å². The number of hydrogen-bond donors (Lipinski definition) is 1. The number of benzene rings is 3. The van der Waals surface area contributed by atoms with Crippen LogP contribution in [0.2, 0.25) is 5.02 Å². The van der Waals surface area contributed by atoms with Crippen LogP contribution in [0.3, 0.4) is 0 Å². The van der Waals surface area contributed by atoms with Gasteiger partial charge in [0.1, 0.15) is 0 Å². The second-order valence-corrected chi connectivity index (χ2v) is 10.5. The molecule has 166 valence electrons. The number of nitrogens with one attached hydrogen (secondary N) is 1. The van der Waals surface area contributed by atoms with Gasteiger partial charge in [-0.15, -0.1) is 0 Å². The van der Waals surface area contributed by atoms with E-state index < -0.39 is 10.0 Å². The largest absolute Gasteiger partial charge is 0.345 e. The maximum Gasteiger partial charge on any atom is 0.253 e. The second-order valence-electron chi connectivity index (χ2n) is 8.01. The number of nitrogens with zero attached hydrogens (tertiary/aromatic N) is 1. The van der Waals surface area contributed by atoms with Gasteiger partial charge in [0.2, 0.25) is 10.0 Å². The topological polar surface area (TPSA) is 66.5 Å². The van der Waals surface area contributed by atoms with Gasteiger partial charge >= 0.3 is 0 Å². The van der Waals surface area contributed by atoms with Gasteiger partial charge in [-0.25, -0.2) is 8.42 Å². The van der Waals surface area contributed by atoms with Crippen molar-refractivity contribution in [3.05, 3.63) is 100 Å². The molecule has 3 aromatic carbocycles. The summed E-state index contributed by atoms with van der Waals surface area (Å²) >= 11 is 6.30. The Morgan fingerprint density at radius 3 is 2.56 bits per heavy atom. The molecule has 1 aliphatic rings. The Balaban J connectivity index is 1.57. The van der Waals surface area contributed by atoms with Crippen LogP contribution in [0.1, 0.15) is 45.9 Å². The van der Waals surface area contributed by atoms with E-state index in [4.69, 9.17) is 11.6 Å². The molecule has 0 radical (unpaired) electrons. The minimum absolute atomic E-state index is 0.0366. The molecule has 0 saturated carbocycles. The highest BCUT2D eigenvalue weighted by atomic mass is 35.5. The van der Waals surface area contributed by atoms with Crippen molar-refractivity contribution < 1.29 is 13.2 Å². The average molecular weight is 469 g/mol. The van der Waals surface area contributed by atoms with E-state index in [9.17, 15) is 13.2 Å². The van der Waals surface area contributed by atoms with Gasteiger partial charge in [0.25, 0.3) is 5.91 Å². The van der Waals surface area contributed by atoms with Crippen molar-refractivity contribution in [2.75, 3.05) is 7.05 Å². The zero-order chi connectivity index (χ0) is 22.7. The van der Waals surface area contributed by atoms with Crippen LogP contribution in [0.4, 0.5) is 0 Å². The van der Waals surface area contributed by atoms with Crippen molar-refractivity contribution in [2.24, 2.45) is 0 Å². The lowest BCUT2D eigenvalue weighted by Crippen LogP contribution is -2.31. The standard InChI is InChI=1S/C25H25ClN2O3S/c1-28(17-18-8-3-2-4-9-18)32(30,31)20-14-15-23(26)22(16-20)25(29)27-24-13-7-11-19-10-5-6-12-21(19)24/h2-6,8-10,12,14-16,24H,7,11,13,17H2,1H3,(H,27,29)/t24-/m0/s1. The first-order valence-electron chi connectivity index (χ1n) is 10.5. The summed E-state index contributed by atoms with van der Waals surface area (Å²) in [6.45, 7) is 0.228. The van der Waals surface area contributed by atoms with E-state index in [2.05, 4.69) is 11.4 Å². The van der Waals surface area contributed by atoms with E-state index in [1.54, 1.807) is 0 Å². The SMILES string of the molecule is CN(Cc1ccccc1)S(=O)(=O)c1ccc(Cl)c(C(=O)N[C@H]2CCCc3ccccc32)c1. The number of fused-ring (bicyclic) bond motifs is 1. The molecule has 0 fully saturated rings. The third-order valence-corrected chi connectivity index (χ3v) is 7.94. The first-order chi connectivity index (χ1) is 15.4. The predicted molar refractivity (Wildman–Crippen MR) is 126 cm³/mol. The molecule has 0 heterocycles. The smallest absolute Gasteiger partial charge is 0.253 e. The molecule has 3 aromatic rings. The normalized spacial score (nSPS) is 15.9. The molecule has 0 unspecified atom stereocenters. The molecule has 1 atom stereocenters. The summed E-state index contributed by atoms with van der Waals surface area (Å²) in [6.07, 6.45) is 2.80. The van der Waals surface area contributed by atoms with Crippen molar-refractivity contribution in [1.29, 1.82) is 0 Å². The molecule has 1 N–H and O–H groups in total. The van der Waals surface area contributed by atoms with Crippen molar-refractivity contribution in [1.82, 2.24) is 9.62 Å². The van der Waals surface area contributed by atoms with E-state index in [1.165, 1.54) is 35.1 Å². The molecule has 0 spiro atoms. The zero-order valence-corrected chi connectivity index (χ0v) is 19.4. The Bertz CT molecular complexity index is 1230. The van der Waals surface area contributed by atoms with Crippen LogP contribution in [-0.4, -0.2) is 25.7 Å². The fraction of sp³-hybridized carbons (Fsp3) is 0.240. The molecule has 1 amide bonds. The van der Waals surface area contributed by atoms with Gasteiger partial charge in [0, 0.05) is 13.6 Å². The van der Waals surface area contributed by atoms with Crippen LogP contribution in [0.15, 0.2) is 77.7 Å². The Kier molecular flexibility index (Phi) is 6.65. The summed E-state index contributed by atoms with van der Waals surface area (Å²) in [5.74, 6) is -0.375. The fourth-order valence-electron chi connectivity index (χ4n) is 4.08. The summed E-state index contributed by atoms with van der Waals surface area (Å²) in [6, 6.07) is 21.6. The Morgan fingerprint density at radius 2 is 1.78 bits per heavy atom. The van der Waals surface area contributed by atoms with Gasteiger partial charge in [0.05, 0.1) is 21.5 Å². The summed E-state index contributed by atoms with van der Waals surface area (Å²) in [4.78, 5) is 13.1. The van der Waals surface area contributed by atoms with Gasteiger partial charge in [-0.05, 0) is 54.2 Å². The lowest BCUT2D eigenvalue weighted by atomic mass is 9.87. The highest BCUT2D eigenvalue weighted by molar-refractivity contribution is 7.89. The monoisotopic (exact) mass is 468 g/mol. The van der Waals surface area contributed by atoms with Crippen molar-refractivity contribution in [2.45, 2.75) is 36.7 Å². The summed E-state index contributed by atoms with van der Waals surface area (Å²) < 4.78 is 27.5. The lowest BCUT2D eigenvalue weighted by Gasteiger charge is -2.26. The van der Waals surface area contributed by atoms with E-state index >= 15 is 0 Å². The number of rotatable bonds is 6. The highest BCUT2D eigenvalue weighted by Gasteiger charge is 2.26. The van der Waals surface area contributed by atoms with Crippen LogP contribution >= 0.6 is 11.6 Å². The quantitative estimate of drug-likeness (QED) is 0.555. The number of hydrogen-bond acceptors (Lipinski definition) is 3. The minimum Gasteiger partial charge on any atom is -0.345 e. The number of carbonyl (C=O) groups is 1. The molecule has 0 aromatic heterocycles. The molecular formula is C25H25ClN2O3S. The Labute approximate surface area is 194 Å². The number of amides is 1. The van der Waals surface area contributed by atoms with E-state index in [1.807, 2.05) is 48.5 Å². The van der Waals surface area contributed by atoms with Crippen molar-refractivity contribution in [3.63, 3.8) is 0 Å². The third-order valence-electron chi connectivity index (χ3n) is 5.81. The molecule has 7 heteroatoms. The second kappa shape index (κ2) is 9.45. The molecule has 4 rings (SSSR count). The highest BCUT2D eigenvalue weighted by Crippen LogP contribution is 2.30. The number of halogens is 1. The number of aryl methyl sites for hydroxylation is 1. The molecular weight excluding hydrogens is 444 g/mol. The molecule has 0 aliphatic heterocycles. The van der Waals surface area contributed by atoms with Gasteiger partial charge in [-0.2, -0.15) is 4.31 Å². The first kappa shape index (κ1) is 22.5. The Morgan fingerprint density at radius 1 is 1.06 bits per heavy atom. The summed E-state index contributed by atoms with van der Waals surface area (Å²) in [5.41, 5.74) is 3.37. The molecule has 1 aliphatic carbocycles. The van der Waals surface area contributed by atoms with Gasteiger partial charge in [-0.3, -0.25) is 4.79 Å². The van der Waals surface area contributed by atoms with Crippen LogP contribution in [-0.2, 0) is 23.0 Å². The van der Waals surface area contributed by atoms with E-state index in [0.29, 0.717) is 0 Å². The van der Waals surface area contributed by atoms with Crippen molar-refractivity contribution in [3.8, 4) is 0 Å².